The molecule has 3 rings (SSSR count). The van der Waals surface area contributed by atoms with Crippen LogP contribution < -0.4 is 0 Å². The molecule has 1 aliphatic heterocycles. The van der Waals surface area contributed by atoms with Gasteiger partial charge in [0.1, 0.15) is 5.76 Å². The number of nitrogens with one attached hydrogen (secondary N) is 1. The minimum atomic E-state index is -0.667. The van der Waals surface area contributed by atoms with E-state index in [1.54, 1.807) is 13.8 Å². The van der Waals surface area contributed by atoms with Gasteiger partial charge in [-0.15, -0.1) is 0 Å². The second-order valence-corrected chi connectivity index (χ2v) is 7.02. The summed E-state index contributed by atoms with van der Waals surface area (Å²) in [6.45, 7) is 4.52. The van der Waals surface area contributed by atoms with Crippen LogP contribution in [0.4, 0.5) is 0 Å². The van der Waals surface area contributed by atoms with Gasteiger partial charge in [0.15, 0.2) is 0 Å². The average Bonchev–Trinajstić information content (AvgIpc) is 3.10. The van der Waals surface area contributed by atoms with Crippen molar-refractivity contribution in [3.05, 3.63) is 58.4 Å². The number of aliphatic hydroxyl groups is 1. The van der Waals surface area contributed by atoms with E-state index in [1.165, 1.54) is 4.90 Å². The minimum Gasteiger partial charge on any atom is -0.507 e. The number of carbonyl (C=O) groups is 2. The van der Waals surface area contributed by atoms with Crippen molar-refractivity contribution in [1.82, 2.24) is 20.0 Å². The number of benzene rings is 1. The van der Waals surface area contributed by atoms with Gasteiger partial charge in [0.2, 0.25) is 0 Å². The minimum absolute atomic E-state index is 0.109. The van der Waals surface area contributed by atoms with E-state index in [4.69, 9.17) is 0 Å². The molecule has 1 atom stereocenters. The molecular formula is C20H24N4O3. The Morgan fingerprint density at radius 1 is 1.22 bits per heavy atom. The summed E-state index contributed by atoms with van der Waals surface area (Å²) in [5.74, 6) is -1.44. The van der Waals surface area contributed by atoms with E-state index in [0.717, 1.165) is 5.56 Å². The summed E-state index contributed by atoms with van der Waals surface area (Å²) in [5.41, 5.74) is 2.60. The second-order valence-electron chi connectivity index (χ2n) is 7.02. The van der Waals surface area contributed by atoms with Crippen molar-refractivity contribution < 1.29 is 14.7 Å². The maximum Gasteiger partial charge on any atom is 0.295 e. The Labute approximate surface area is 158 Å². The third kappa shape index (κ3) is 3.38. The highest BCUT2D eigenvalue weighted by atomic mass is 16.3. The lowest BCUT2D eigenvalue weighted by Crippen LogP contribution is -2.35. The average molecular weight is 368 g/mol. The van der Waals surface area contributed by atoms with E-state index in [9.17, 15) is 14.7 Å². The molecule has 1 amide bonds. The molecule has 0 radical (unpaired) electrons. The number of likely N-dealkylation sites (tertiary alicyclic amines) is 1. The fourth-order valence-corrected chi connectivity index (χ4v) is 3.43. The number of ketones is 1. The van der Waals surface area contributed by atoms with Crippen molar-refractivity contribution >= 4 is 17.4 Å². The van der Waals surface area contributed by atoms with Crippen molar-refractivity contribution in [2.75, 3.05) is 27.2 Å². The fraction of sp³-hybridized carbons (Fsp3) is 0.350. The number of nitrogens with zero attached hydrogens (tertiary/aromatic N) is 3. The summed E-state index contributed by atoms with van der Waals surface area (Å²) >= 11 is 0. The van der Waals surface area contributed by atoms with Crippen molar-refractivity contribution in [2.24, 2.45) is 0 Å². The first kappa shape index (κ1) is 18.8. The normalized spacial score (nSPS) is 19.3. The Bertz CT molecular complexity index is 880. The molecule has 2 heterocycles. The quantitative estimate of drug-likeness (QED) is 0.479. The Morgan fingerprint density at radius 2 is 1.89 bits per heavy atom. The molecule has 1 unspecified atom stereocenters. The number of aliphatic hydroxyl groups excluding tert-OH is 1. The fourth-order valence-electron chi connectivity index (χ4n) is 3.43. The number of amides is 1. The molecular weight excluding hydrogens is 344 g/mol. The SMILES string of the molecule is Cc1n[nH]c(C)c1C(O)=C1C(=O)C(=O)N(CCN(C)C)C1c1ccccc1. The van der Waals surface area contributed by atoms with Crippen LogP contribution in [0.2, 0.25) is 0 Å². The van der Waals surface area contributed by atoms with Crippen molar-refractivity contribution in [2.45, 2.75) is 19.9 Å². The Morgan fingerprint density at radius 3 is 2.44 bits per heavy atom. The molecule has 1 fully saturated rings. The molecule has 7 nitrogen and oxygen atoms in total. The predicted molar refractivity (Wildman–Crippen MR) is 102 cm³/mol. The molecule has 2 N–H and O–H groups in total. The first-order valence-corrected chi connectivity index (χ1v) is 8.83. The molecule has 142 valence electrons. The summed E-state index contributed by atoms with van der Waals surface area (Å²) in [6.07, 6.45) is 0. The van der Waals surface area contributed by atoms with Crippen LogP contribution in [0.3, 0.4) is 0 Å². The third-order valence-corrected chi connectivity index (χ3v) is 4.81. The number of rotatable bonds is 5. The van der Waals surface area contributed by atoms with Crippen LogP contribution in [0, 0.1) is 13.8 Å². The monoisotopic (exact) mass is 368 g/mol. The van der Waals surface area contributed by atoms with Gasteiger partial charge in [-0.1, -0.05) is 30.3 Å². The number of hydrogen-bond donors (Lipinski definition) is 2. The molecule has 1 saturated heterocycles. The molecule has 0 aliphatic carbocycles. The molecule has 1 aromatic heterocycles. The van der Waals surface area contributed by atoms with E-state index >= 15 is 0 Å². The van der Waals surface area contributed by atoms with Crippen LogP contribution in [-0.4, -0.2) is 64.0 Å². The summed E-state index contributed by atoms with van der Waals surface area (Å²) in [7, 11) is 3.82. The molecule has 7 heteroatoms. The zero-order chi connectivity index (χ0) is 19.7. The van der Waals surface area contributed by atoms with Gasteiger partial charge < -0.3 is 14.9 Å². The van der Waals surface area contributed by atoms with Gasteiger partial charge >= 0.3 is 0 Å². The number of likely N-dealkylation sites (N-methyl/N-ethyl adjacent to an activating group) is 1. The topological polar surface area (TPSA) is 89.5 Å². The highest BCUT2D eigenvalue weighted by Gasteiger charge is 2.46. The third-order valence-electron chi connectivity index (χ3n) is 4.81. The van der Waals surface area contributed by atoms with E-state index < -0.39 is 17.7 Å². The number of carbonyl (C=O) groups excluding carboxylic acids is 2. The number of Topliss-reactive ketones (excluding diaryl/α,β-unsaturated/α-hetero) is 1. The first-order chi connectivity index (χ1) is 12.8. The molecule has 0 bridgehead atoms. The first-order valence-electron chi connectivity index (χ1n) is 8.83. The predicted octanol–water partition coefficient (Wildman–Crippen LogP) is 2.01. The maximum absolute atomic E-state index is 12.9. The van der Waals surface area contributed by atoms with Crippen LogP contribution >= 0.6 is 0 Å². The molecule has 1 aliphatic rings. The van der Waals surface area contributed by atoms with Gasteiger partial charge in [-0.05, 0) is 33.5 Å². The van der Waals surface area contributed by atoms with E-state index in [1.807, 2.05) is 49.3 Å². The Balaban J connectivity index is 2.17. The lowest BCUT2D eigenvalue weighted by molar-refractivity contribution is -0.140. The van der Waals surface area contributed by atoms with Gasteiger partial charge in [0.25, 0.3) is 11.7 Å². The molecule has 27 heavy (non-hydrogen) atoms. The molecule has 2 aromatic rings. The zero-order valence-electron chi connectivity index (χ0n) is 16.0. The van der Waals surface area contributed by atoms with Crippen molar-refractivity contribution in [1.29, 1.82) is 0 Å². The number of aromatic nitrogens is 2. The number of hydrogen-bond acceptors (Lipinski definition) is 5. The van der Waals surface area contributed by atoms with E-state index in [-0.39, 0.29) is 11.3 Å². The molecule has 0 spiro atoms. The van der Waals surface area contributed by atoms with Gasteiger partial charge in [-0.25, -0.2) is 0 Å². The lowest BCUT2D eigenvalue weighted by Gasteiger charge is -2.26. The summed E-state index contributed by atoms with van der Waals surface area (Å²) in [5, 5.41) is 17.9. The van der Waals surface area contributed by atoms with Crippen molar-refractivity contribution in [3.63, 3.8) is 0 Å². The Kier molecular flexibility index (Phi) is 5.14. The van der Waals surface area contributed by atoms with E-state index in [0.29, 0.717) is 30.0 Å². The van der Waals surface area contributed by atoms with Crippen LogP contribution in [-0.2, 0) is 9.59 Å². The summed E-state index contributed by atoms with van der Waals surface area (Å²) < 4.78 is 0. The van der Waals surface area contributed by atoms with Gasteiger partial charge in [-0.2, -0.15) is 5.10 Å². The number of aryl methyl sites for hydroxylation is 2. The van der Waals surface area contributed by atoms with Crippen LogP contribution in [0.15, 0.2) is 35.9 Å². The highest BCUT2D eigenvalue weighted by molar-refractivity contribution is 6.46. The lowest BCUT2D eigenvalue weighted by atomic mass is 9.95. The van der Waals surface area contributed by atoms with Crippen LogP contribution in [0.25, 0.3) is 5.76 Å². The number of aromatic amines is 1. The smallest absolute Gasteiger partial charge is 0.295 e. The van der Waals surface area contributed by atoms with Crippen molar-refractivity contribution in [3.8, 4) is 0 Å². The molecule has 0 saturated carbocycles. The Hall–Kier alpha value is -2.93. The standard InChI is InChI=1S/C20H24N4O3/c1-12-15(13(2)22-21-12)18(25)16-17(14-8-6-5-7-9-14)24(11-10-23(3)4)20(27)19(16)26/h5-9,17,25H,10-11H2,1-4H3,(H,21,22). The van der Waals surface area contributed by atoms with E-state index in [2.05, 4.69) is 10.2 Å². The van der Waals surface area contributed by atoms with Crippen LogP contribution in [0.1, 0.15) is 28.6 Å². The van der Waals surface area contributed by atoms with Crippen LogP contribution in [0.5, 0.6) is 0 Å². The summed E-state index contributed by atoms with van der Waals surface area (Å²) in [6, 6.07) is 8.69. The highest BCUT2D eigenvalue weighted by Crippen LogP contribution is 2.39. The zero-order valence-corrected chi connectivity index (χ0v) is 16.0. The maximum atomic E-state index is 12.9. The largest absolute Gasteiger partial charge is 0.507 e. The van der Waals surface area contributed by atoms with Gasteiger partial charge in [0.05, 0.1) is 22.9 Å². The second kappa shape index (κ2) is 7.36. The summed E-state index contributed by atoms with van der Waals surface area (Å²) in [4.78, 5) is 29.1. The molecule has 1 aromatic carbocycles. The van der Waals surface area contributed by atoms with Gasteiger partial charge in [0, 0.05) is 18.8 Å². The number of H-pyrrole nitrogens is 1. The van der Waals surface area contributed by atoms with Gasteiger partial charge in [-0.3, -0.25) is 14.7 Å².